The van der Waals surface area contributed by atoms with Crippen LogP contribution in [0.5, 0.6) is 0 Å². The van der Waals surface area contributed by atoms with Crippen molar-refractivity contribution in [3.05, 3.63) is 0 Å². The lowest BCUT2D eigenvalue weighted by atomic mass is 9.82. The summed E-state index contributed by atoms with van der Waals surface area (Å²) in [5.41, 5.74) is 0.318. The SMILES string of the molecule is CC1(C)CCN(C(=O)C2CCCC2C(=O)O)CC1. The number of carbonyl (C=O) groups is 2. The van der Waals surface area contributed by atoms with Crippen LogP contribution in [-0.2, 0) is 9.59 Å². The van der Waals surface area contributed by atoms with Crippen LogP contribution in [0.25, 0.3) is 0 Å². The van der Waals surface area contributed by atoms with Crippen LogP contribution in [0.1, 0.15) is 46.0 Å². The fourth-order valence-electron chi connectivity index (χ4n) is 3.12. The van der Waals surface area contributed by atoms with Gasteiger partial charge in [0.1, 0.15) is 0 Å². The number of likely N-dealkylation sites (tertiary alicyclic amines) is 1. The van der Waals surface area contributed by atoms with E-state index >= 15 is 0 Å². The van der Waals surface area contributed by atoms with E-state index < -0.39 is 11.9 Å². The van der Waals surface area contributed by atoms with Crippen LogP contribution < -0.4 is 0 Å². The van der Waals surface area contributed by atoms with E-state index in [1.807, 2.05) is 4.90 Å². The van der Waals surface area contributed by atoms with Crippen LogP contribution in [0.4, 0.5) is 0 Å². The summed E-state index contributed by atoms with van der Waals surface area (Å²) in [5.74, 6) is -1.45. The number of carbonyl (C=O) groups excluding carboxylic acids is 1. The molecule has 102 valence electrons. The van der Waals surface area contributed by atoms with Gasteiger partial charge in [0, 0.05) is 13.1 Å². The third-order valence-electron chi connectivity index (χ3n) is 4.58. The molecule has 1 amide bonds. The monoisotopic (exact) mass is 253 g/mol. The number of aliphatic carboxylic acids is 1. The van der Waals surface area contributed by atoms with E-state index in [1.54, 1.807) is 0 Å². The highest BCUT2D eigenvalue weighted by atomic mass is 16.4. The summed E-state index contributed by atoms with van der Waals surface area (Å²) in [7, 11) is 0. The molecular formula is C14H23NO3. The van der Waals surface area contributed by atoms with E-state index in [0.717, 1.165) is 38.8 Å². The molecule has 0 spiro atoms. The van der Waals surface area contributed by atoms with Crippen molar-refractivity contribution in [2.45, 2.75) is 46.0 Å². The van der Waals surface area contributed by atoms with E-state index in [-0.39, 0.29) is 11.8 Å². The maximum absolute atomic E-state index is 12.4. The normalized spacial score (nSPS) is 31.3. The minimum Gasteiger partial charge on any atom is -0.481 e. The second-order valence-electron chi connectivity index (χ2n) is 6.47. The second-order valence-corrected chi connectivity index (χ2v) is 6.47. The summed E-state index contributed by atoms with van der Waals surface area (Å²) in [4.78, 5) is 25.4. The Balaban J connectivity index is 1.97. The lowest BCUT2D eigenvalue weighted by molar-refractivity contribution is -0.150. The Morgan fingerprint density at radius 3 is 2.22 bits per heavy atom. The molecule has 1 saturated carbocycles. The molecular weight excluding hydrogens is 230 g/mol. The molecule has 2 rings (SSSR count). The highest BCUT2D eigenvalue weighted by Gasteiger charge is 2.40. The summed E-state index contributed by atoms with van der Waals surface area (Å²) >= 11 is 0. The molecule has 2 unspecified atom stereocenters. The molecule has 0 aromatic rings. The standard InChI is InChI=1S/C14H23NO3/c1-14(2)6-8-15(9-7-14)12(16)10-4-3-5-11(10)13(17)18/h10-11H,3-9H2,1-2H3,(H,17,18). The molecule has 1 saturated heterocycles. The van der Waals surface area contributed by atoms with Crippen LogP contribution >= 0.6 is 0 Å². The van der Waals surface area contributed by atoms with Gasteiger partial charge < -0.3 is 10.0 Å². The average Bonchev–Trinajstić information content (AvgIpc) is 2.77. The molecule has 2 fully saturated rings. The van der Waals surface area contributed by atoms with Crippen molar-refractivity contribution < 1.29 is 14.7 Å². The molecule has 4 nitrogen and oxygen atoms in total. The maximum atomic E-state index is 12.4. The first-order chi connectivity index (χ1) is 8.41. The number of amides is 1. The molecule has 1 N–H and O–H groups in total. The molecule has 0 radical (unpaired) electrons. The molecule has 18 heavy (non-hydrogen) atoms. The zero-order valence-electron chi connectivity index (χ0n) is 11.3. The summed E-state index contributed by atoms with van der Waals surface area (Å²) in [6.07, 6.45) is 4.31. The maximum Gasteiger partial charge on any atom is 0.307 e. The highest BCUT2D eigenvalue weighted by molar-refractivity contribution is 5.85. The van der Waals surface area contributed by atoms with E-state index in [1.165, 1.54) is 0 Å². The Morgan fingerprint density at radius 1 is 1.11 bits per heavy atom. The highest BCUT2D eigenvalue weighted by Crippen LogP contribution is 2.36. The molecule has 1 heterocycles. The van der Waals surface area contributed by atoms with Crippen molar-refractivity contribution in [3.8, 4) is 0 Å². The van der Waals surface area contributed by atoms with Gasteiger partial charge in [0.05, 0.1) is 11.8 Å². The number of hydrogen-bond acceptors (Lipinski definition) is 2. The van der Waals surface area contributed by atoms with Crippen LogP contribution in [-0.4, -0.2) is 35.0 Å². The predicted octanol–water partition coefficient (Wildman–Crippen LogP) is 2.14. The van der Waals surface area contributed by atoms with Gasteiger partial charge in [0.25, 0.3) is 0 Å². The van der Waals surface area contributed by atoms with Gasteiger partial charge in [-0.1, -0.05) is 20.3 Å². The molecule has 0 aromatic carbocycles. The van der Waals surface area contributed by atoms with Gasteiger partial charge in [-0.25, -0.2) is 0 Å². The van der Waals surface area contributed by atoms with E-state index in [2.05, 4.69) is 13.8 Å². The summed E-state index contributed by atoms with van der Waals surface area (Å²) in [6.45, 7) is 6.03. The third-order valence-corrected chi connectivity index (χ3v) is 4.58. The van der Waals surface area contributed by atoms with Gasteiger partial charge in [-0.2, -0.15) is 0 Å². The van der Waals surface area contributed by atoms with Crippen molar-refractivity contribution >= 4 is 11.9 Å². The molecule has 4 heteroatoms. The Bertz CT molecular complexity index is 341. The van der Waals surface area contributed by atoms with E-state index in [9.17, 15) is 9.59 Å². The van der Waals surface area contributed by atoms with Crippen molar-refractivity contribution in [1.82, 2.24) is 4.90 Å². The Morgan fingerprint density at radius 2 is 1.67 bits per heavy atom. The lowest BCUT2D eigenvalue weighted by Gasteiger charge is -2.38. The number of carboxylic acids is 1. The number of hydrogen-bond donors (Lipinski definition) is 1. The van der Waals surface area contributed by atoms with Gasteiger partial charge in [-0.15, -0.1) is 0 Å². The van der Waals surface area contributed by atoms with Crippen molar-refractivity contribution in [2.24, 2.45) is 17.3 Å². The molecule has 1 aliphatic carbocycles. The minimum atomic E-state index is -0.803. The molecule has 2 aliphatic rings. The summed E-state index contributed by atoms with van der Waals surface area (Å²) < 4.78 is 0. The first kappa shape index (κ1) is 13.4. The van der Waals surface area contributed by atoms with Crippen molar-refractivity contribution in [3.63, 3.8) is 0 Å². The van der Waals surface area contributed by atoms with Gasteiger partial charge in [-0.05, 0) is 31.1 Å². The topological polar surface area (TPSA) is 57.6 Å². The minimum absolute atomic E-state index is 0.0791. The van der Waals surface area contributed by atoms with Crippen LogP contribution in [0, 0.1) is 17.3 Å². The fraction of sp³-hybridized carbons (Fsp3) is 0.857. The predicted molar refractivity (Wildman–Crippen MR) is 68.1 cm³/mol. The molecule has 0 aromatic heterocycles. The van der Waals surface area contributed by atoms with Crippen LogP contribution in [0.15, 0.2) is 0 Å². The molecule has 1 aliphatic heterocycles. The van der Waals surface area contributed by atoms with Gasteiger partial charge >= 0.3 is 5.97 Å². The quantitative estimate of drug-likeness (QED) is 0.820. The summed E-state index contributed by atoms with van der Waals surface area (Å²) in [6, 6.07) is 0. The number of carboxylic acid groups (broad SMARTS) is 1. The van der Waals surface area contributed by atoms with Gasteiger partial charge in [0.15, 0.2) is 0 Å². The van der Waals surface area contributed by atoms with Crippen LogP contribution in [0.3, 0.4) is 0 Å². The van der Waals surface area contributed by atoms with Crippen molar-refractivity contribution in [2.75, 3.05) is 13.1 Å². The molecule has 0 bridgehead atoms. The zero-order valence-corrected chi connectivity index (χ0v) is 11.3. The van der Waals surface area contributed by atoms with E-state index in [0.29, 0.717) is 11.8 Å². The Hall–Kier alpha value is -1.06. The summed E-state index contributed by atoms with van der Waals surface area (Å²) in [5, 5.41) is 9.14. The molecule has 2 atom stereocenters. The number of nitrogens with zero attached hydrogens (tertiary/aromatic N) is 1. The second kappa shape index (κ2) is 4.90. The zero-order chi connectivity index (χ0) is 13.3. The Labute approximate surface area is 108 Å². The van der Waals surface area contributed by atoms with Gasteiger partial charge in [-0.3, -0.25) is 9.59 Å². The van der Waals surface area contributed by atoms with Crippen molar-refractivity contribution in [1.29, 1.82) is 0 Å². The smallest absolute Gasteiger partial charge is 0.307 e. The van der Waals surface area contributed by atoms with Crippen LogP contribution in [0.2, 0.25) is 0 Å². The first-order valence-corrected chi connectivity index (χ1v) is 6.92. The average molecular weight is 253 g/mol. The lowest BCUT2D eigenvalue weighted by Crippen LogP contribution is -2.45. The Kier molecular flexibility index (Phi) is 3.64. The first-order valence-electron chi connectivity index (χ1n) is 6.92. The third kappa shape index (κ3) is 2.68. The largest absolute Gasteiger partial charge is 0.481 e. The van der Waals surface area contributed by atoms with Gasteiger partial charge in [0.2, 0.25) is 5.91 Å². The number of rotatable bonds is 2. The fourth-order valence-corrected chi connectivity index (χ4v) is 3.12. The van der Waals surface area contributed by atoms with E-state index in [4.69, 9.17) is 5.11 Å². The number of piperidine rings is 1.